The molecule has 0 rings (SSSR count). The molecule has 0 heterocycles. The molecule has 0 aliphatic rings. The average Bonchev–Trinajstić information content (AvgIpc) is 2.35. The number of hydrogen-bond donors (Lipinski definition) is 3. The van der Waals surface area contributed by atoms with Gasteiger partial charge in [0, 0.05) is 17.7 Å². The van der Waals surface area contributed by atoms with Crippen LogP contribution >= 0.6 is 11.8 Å². The number of nitrogens with one attached hydrogen (secondary N) is 1. The predicted molar refractivity (Wildman–Crippen MR) is 80.1 cm³/mol. The molecule has 0 aromatic heterocycles. The molecule has 104 valence electrons. The molecule has 0 aliphatic heterocycles. The summed E-state index contributed by atoms with van der Waals surface area (Å²) in [6.45, 7) is 5.98. The Kier molecular flexibility index (Phi) is 9.62. The SMILES string of the molecule is C#CCSCCNCCCCC(C)(C)C(N)=NO. The maximum Gasteiger partial charge on any atom is 0.144 e. The lowest BCUT2D eigenvalue weighted by molar-refractivity contribution is 0.304. The van der Waals surface area contributed by atoms with Gasteiger partial charge in [0.1, 0.15) is 5.84 Å². The Balaban J connectivity index is 3.44. The minimum Gasteiger partial charge on any atom is -0.409 e. The van der Waals surface area contributed by atoms with E-state index in [1.165, 1.54) is 0 Å². The van der Waals surface area contributed by atoms with Crippen molar-refractivity contribution in [2.45, 2.75) is 33.1 Å². The molecule has 0 radical (unpaired) electrons. The maximum absolute atomic E-state index is 8.65. The number of thioether (sulfide) groups is 1. The van der Waals surface area contributed by atoms with Crippen molar-refractivity contribution >= 4 is 17.6 Å². The van der Waals surface area contributed by atoms with Crippen LogP contribution in [0.25, 0.3) is 0 Å². The van der Waals surface area contributed by atoms with Gasteiger partial charge in [-0.05, 0) is 19.4 Å². The van der Waals surface area contributed by atoms with Crippen molar-refractivity contribution in [1.82, 2.24) is 5.32 Å². The molecule has 5 heteroatoms. The smallest absolute Gasteiger partial charge is 0.144 e. The molecule has 4 N–H and O–H groups in total. The normalized spacial score (nSPS) is 12.4. The summed E-state index contributed by atoms with van der Waals surface area (Å²) in [6.07, 6.45) is 8.25. The third-order valence-electron chi connectivity index (χ3n) is 2.82. The molecule has 0 aromatic rings. The third kappa shape index (κ3) is 8.26. The van der Waals surface area contributed by atoms with Crippen molar-refractivity contribution in [1.29, 1.82) is 0 Å². The molecule has 0 spiro atoms. The molecule has 0 saturated carbocycles. The van der Waals surface area contributed by atoms with E-state index in [0.717, 1.165) is 43.9 Å². The maximum atomic E-state index is 8.65. The van der Waals surface area contributed by atoms with Gasteiger partial charge < -0.3 is 16.3 Å². The molecule has 0 aromatic carbocycles. The van der Waals surface area contributed by atoms with Crippen LogP contribution in [-0.4, -0.2) is 35.6 Å². The summed E-state index contributed by atoms with van der Waals surface area (Å²) < 4.78 is 0. The molecule has 0 bridgehead atoms. The van der Waals surface area contributed by atoms with Gasteiger partial charge in [-0.25, -0.2) is 0 Å². The molecular weight excluding hydrogens is 246 g/mol. The fourth-order valence-electron chi connectivity index (χ4n) is 1.48. The van der Waals surface area contributed by atoms with E-state index >= 15 is 0 Å². The number of hydrogen-bond acceptors (Lipinski definition) is 4. The Morgan fingerprint density at radius 3 is 2.78 bits per heavy atom. The van der Waals surface area contributed by atoms with Gasteiger partial charge in [-0.2, -0.15) is 0 Å². The van der Waals surface area contributed by atoms with Gasteiger partial charge in [-0.1, -0.05) is 31.3 Å². The van der Waals surface area contributed by atoms with Crippen molar-refractivity contribution < 1.29 is 5.21 Å². The van der Waals surface area contributed by atoms with Crippen LogP contribution in [0.1, 0.15) is 33.1 Å². The van der Waals surface area contributed by atoms with Gasteiger partial charge >= 0.3 is 0 Å². The molecule has 0 atom stereocenters. The molecular formula is C13H25N3OS. The summed E-state index contributed by atoms with van der Waals surface area (Å²) in [6, 6.07) is 0. The van der Waals surface area contributed by atoms with Crippen molar-refractivity contribution in [2.75, 3.05) is 24.6 Å². The number of rotatable bonds is 10. The topological polar surface area (TPSA) is 70.6 Å². The zero-order valence-corrected chi connectivity index (χ0v) is 12.2. The summed E-state index contributed by atoms with van der Waals surface area (Å²) in [5, 5.41) is 15.1. The number of nitrogens with zero attached hydrogens (tertiary/aromatic N) is 1. The van der Waals surface area contributed by atoms with E-state index in [1.807, 2.05) is 13.8 Å². The second kappa shape index (κ2) is 10.1. The van der Waals surface area contributed by atoms with Crippen LogP contribution in [0.5, 0.6) is 0 Å². The second-order valence-electron chi connectivity index (χ2n) is 4.83. The van der Waals surface area contributed by atoms with Gasteiger partial charge in [0.15, 0.2) is 0 Å². The first-order valence-electron chi connectivity index (χ1n) is 6.24. The van der Waals surface area contributed by atoms with Crippen LogP contribution in [0.15, 0.2) is 5.16 Å². The highest BCUT2D eigenvalue weighted by atomic mass is 32.2. The van der Waals surface area contributed by atoms with Crippen molar-refractivity contribution in [3.05, 3.63) is 0 Å². The molecule has 0 unspecified atom stereocenters. The van der Waals surface area contributed by atoms with Gasteiger partial charge in [0.2, 0.25) is 0 Å². The van der Waals surface area contributed by atoms with Crippen molar-refractivity contribution in [3.63, 3.8) is 0 Å². The molecule has 0 amide bonds. The lowest BCUT2D eigenvalue weighted by Crippen LogP contribution is -2.32. The number of unbranched alkanes of at least 4 members (excludes halogenated alkanes) is 1. The molecule has 0 aliphatic carbocycles. The summed E-state index contributed by atoms with van der Waals surface area (Å²) >= 11 is 1.77. The Hall–Kier alpha value is -0.860. The largest absolute Gasteiger partial charge is 0.409 e. The second-order valence-corrected chi connectivity index (χ2v) is 5.94. The summed E-state index contributed by atoms with van der Waals surface area (Å²) in [5.74, 6) is 4.75. The van der Waals surface area contributed by atoms with E-state index in [9.17, 15) is 0 Å². The highest BCUT2D eigenvalue weighted by Crippen LogP contribution is 2.22. The van der Waals surface area contributed by atoms with E-state index in [2.05, 4.69) is 16.4 Å². The first kappa shape index (κ1) is 17.1. The van der Waals surface area contributed by atoms with Crippen LogP contribution in [0, 0.1) is 17.8 Å². The number of amidine groups is 1. The number of oxime groups is 1. The Morgan fingerprint density at radius 1 is 1.44 bits per heavy atom. The highest BCUT2D eigenvalue weighted by molar-refractivity contribution is 7.99. The van der Waals surface area contributed by atoms with E-state index < -0.39 is 0 Å². The standard InChI is InChI=1S/C13H25N3OS/c1-4-10-18-11-9-15-8-6-5-7-13(2,3)12(14)16-17/h1,15,17H,5-11H2,2-3H3,(H2,14,16). The zero-order chi connectivity index (χ0) is 13.9. The first-order chi connectivity index (χ1) is 8.54. The van der Waals surface area contributed by atoms with Crippen LogP contribution in [-0.2, 0) is 0 Å². The van der Waals surface area contributed by atoms with Gasteiger partial charge in [0.25, 0.3) is 0 Å². The average molecular weight is 271 g/mol. The van der Waals surface area contributed by atoms with E-state index in [4.69, 9.17) is 17.4 Å². The Morgan fingerprint density at radius 2 is 2.17 bits per heavy atom. The quantitative estimate of drug-likeness (QED) is 0.142. The minimum atomic E-state index is -0.225. The summed E-state index contributed by atoms with van der Waals surface area (Å²) in [5.41, 5.74) is 5.40. The molecule has 0 saturated heterocycles. The van der Waals surface area contributed by atoms with E-state index in [-0.39, 0.29) is 5.41 Å². The fraction of sp³-hybridized carbons (Fsp3) is 0.769. The first-order valence-corrected chi connectivity index (χ1v) is 7.40. The van der Waals surface area contributed by atoms with Crippen LogP contribution in [0.4, 0.5) is 0 Å². The van der Waals surface area contributed by atoms with Gasteiger partial charge in [0.05, 0.1) is 5.75 Å². The van der Waals surface area contributed by atoms with Gasteiger partial charge in [-0.15, -0.1) is 18.2 Å². The molecule has 4 nitrogen and oxygen atoms in total. The van der Waals surface area contributed by atoms with Gasteiger partial charge in [-0.3, -0.25) is 0 Å². The summed E-state index contributed by atoms with van der Waals surface area (Å²) in [7, 11) is 0. The van der Waals surface area contributed by atoms with Crippen LogP contribution < -0.4 is 11.1 Å². The lowest BCUT2D eigenvalue weighted by atomic mass is 9.86. The number of terminal acetylenes is 1. The molecule has 0 fully saturated rings. The third-order valence-corrected chi connectivity index (χ3v) is 3.68. The van der Waals surface area contributed by atoms with Crippen LogP contribution in [0.2, 0.25) is 0 Å². The van der Waals surface area contributed by atoms with E-state index in [1.54, 1.807) is 11.8 Å². The Bertz CT molecular complexity index is 284. The molecule has 18 heavy (non-hydrogen) atoms. The van der Waals surface area contributed by atoms with Crippen molar-refractivity contribution in [3.8, 4) is 12.3 Å². The number of nitrogens with two attached hydrogens (primary N) is 1. The monoisotopic (exact) mass is 271 g/mol. The predicted octanol–water partition coefficient (Wildman–Crippen LogP) is 1.89. The highest BCUT2D eigenvalue weighted by Gasteiger charge is 2.22. The van der Waals surface area contributed by atoms with E-state index in [0.29, 0.717) is 5.84 Å². The Labute approximate surface area is 115 Å². The zero-order valence-electron chi connectivity index (χ0n) is 11.4. The van der Waals surface area contributed by atoms with Crippen molar-refractivity contribution in [2.24, 2.45) is 16.3 Å². The van der Waals surface area contributed by atoms with Crippen LogP contribution in [0.3, 0.4) is 0 Å². The summed E-state index contributed by atoms with van der Waals surface area (Å²) in [4.78, 5) is 0. The minimum absolute atomic E-state index is 0.225. The fourth-order valence-corrected chi connectivity index (χ4v) is 2.03. The lowest BCUT2D eigenvalue weighted by Gasteiger charge is -2.22.